The average Bonchev–Trinajstić information content (AvgIpc) is 2.27. The molecule has 15 heavy (non-hydrogen) atoms. The van der Waals surface area contributed by atoms with Gasteiger partial charge in [-0.25, -0.2) is 0 Å². The van der Waals surface area contributed by atoms with Gasteiger partial charge in [-0.3, -0.25) is 4.79 Å². The predicted octanol–water partition coefficient (Wildman–Crippen LogP) is 0.750. The van der Waals surface area contributed by atoms with Crippen molar-refractivity contribution in [1.29, 1.82) is 0 Å². The lowest BCUT2D eigenvalue weighted by molar-refractivity contribution is -0.142. The summed E-state index contributed by atoms with van der Waals surface area (Å²) in [5.41, 5.74) is 5.83. The molecule has 0 spiro atoms. The second-order valence-corrected chi connectivity index (χ2v) is 4.40. The summed E-state index contributed by atoms with van der Waals surface area (Å²) in [5, 5.41) is 0. The molecule has 4 heteroatoms. The van der Waals surface area contributed by atoms with Crippen LogP contribution in [0.25, 0.3) is 0 Å². The van der Waals surface area contributed by atoms with Crippen LogP contribution in [0.2, 0.25) is 0 Å². The largest absolute Gasteiger partial charge is 0.372 e. The highest BCUT2D eigenvalue weighted by atomic mass is 16.5. The maximum absolute atomic E-state index is 11.8. The standard InChI is InChI=1S/C11H22N2O2/c1-8(15-3)11(14)13(2)10-6-4-9(12)5-7-10/h8-10H,4-7,12H2,1-3H3. The van der Waals surface area contributed by atoms with Crippen molar-refractivity contribution >= 4 is 5.91 Å². The summed E-state index contributed by atoms with van der Waals surface area (Å²) in [6.45, 7) is 1.79. The fourth-order valence-electron chi connectivity index (χ4n) is 2.06. The molecule has 1 rings (SSSR count). The number of rotatable bonds is 3. The first-order valence-electron chi connectivity index (χ1n) is 5.61. The molecule has 1 amide bonds. The van der Waals surface area contributed by atoms with Gasteiger partial charge >= 0.3 is 0 Å². The second kappa shape index (κ2) is 5.47. The Morgan fingerprint density at radius 2 is 1.93 bits per heavy atom. The Kier molecular flexibility index (Phi) is 4.54. The fourth-order valence-corrected chi connectivity index (χ4v) is 2.06. The van der Waals surface area contributed by atoms with Gasteiger partial charge in [0.05, 0.1) is 0 Å². The normalized spacial score (nSPS) is 28.5. The Morgan fingerprint density at radius 3 is 2.40 bits per heavy atom. The summed E-state index contributed by atoms with van der Waals surface area (Å²) >= 11 is 0. The third-order valence-electron chi connectivity index (χ3n) is 3.34. The van der Waals surface area contributed by atoms with Crippen LogP contribution < -0.4 is 5.73 Å². The van der Waals surface area contributed by atoms with E-state index in [0.29, 0.717) is 12.1 Å². The van der Waals surface area contributed by atoms with E-state index in [4.69, 9.17) is 10.5 Å². The molecule has 0 aromatic rings. The van der Waals surface area contributed by atoms with Crippen molar-refractivity contribution in [2.75, 3.05) is 14.2 Å². The summed E-state index contributed by atoms with van der Waals surface area (Å²) < 4.78 is 5.03. The zero-order valence-corrected chi connectivity index (χ0v) is 9.90. The van der Waals surface area contributed by atoms with Gasteiger partial charge in [-0.15, -0.1) is 0 Å². The summed E-state index contributed by atoms with van der Waals surface area (Å²) in [6.07, 6.45) is 3.72. The van der Waals surface area contributed by atoms with E-state index in [1.807, 2.05) is 11.9 Å². The van der Waals surface area contributed by atoms with E-state index < -0.39 is 0 Å². The maximum atomic E-state index is 11.8. The SMILES string of the molecule is COC(C)C(=O)N(C)C1CCC(N)CC1. The van der Waals surface area contributed by atoms with Gasteiger partial charge in [0.15, 0.2) is 0 Å². The highest BCUT2D eigenvalue weighted by Crippen LogP contribution is 2.21. The number of nitrogens with zero attached hydrogens (tertiary/aromatic N) is 1. The third kappa shape index (κ3) is 3.18. The van der Waals surface area contributed by atoms with Gasteiger partial charge in [-0.05, 0) is 32.6 Å². The number of hydrogen-bond acceptors (Lipinski definition) is 3. The lowest BCUT2D eigenvalue weighted by Crippen LogP contribution is -2.45. The number of nitrogens with two attached hydrogens (primary N) is 1. The molecule has 0 aliphatic heterocycles. The van der Waals surface area contributed by atoms with E-state index in [2.05, 4.69) is 0 Å². The number of hydrogen-bond donors (Lipinski definition) is 1. The van der Waals surface area contributed by atoms with Crippen LogP contribution in [-0.2, 0) is 9.53 Å². The van der Waals surface area contributed by atoms with Crippen molar-refractivity contribution in [2.45, 2.75) is 50.8 Å². The minimum absolute atomic E-state index is 0.0676. The number of amides is 1. The van der Waals surface area contributed by atoms with Crippen molar-refractivity contribution in [3.8, 4) is 0 Å². The first-order chi connectivity index (χ1) is 7.06. The van der Waals surface area contributed by atoms with Gasteiger partial charge in [0.1, 0.15) is 6.10 Å². The van der Waals surface area contributed by atoms with Crippen molar-refractivity contribution < 1.29 is 9.53 Å². The topological polar surface area (TPSA) is 55.6 Å². The van der Waals surface area contributed by atoms with Gasteiger partial charge in [-0.1, -0.05) is 0 Å². The molecule has 2 N–H and O–H groups in total. The monoisotopic (exact) mass is 214 g/mol. The zero-order chi connectivity index (χ0) is 11.4. The quantitative estimate of drug-likeness (QED) is 0.754. The molecule has 0 aromatic heterocycles. The molecule has 0 saturated heterocycles. The first-order valence-corrected chi connectivity index (χ1v) is 5.61. The van der Waals surface area contributed by atoms with Gasteiger partial charge in [-0.2, -0.15) is 0 Å². The fraction of sp³-hybridized carbons (Fsp3) is 0.909. The molecule has 0 heterocycles. The average molecular weight is 214 g/mol. The highest BCUT2D eigenvalue weighted by Gasteiger charge is 2.27. The summed E-state index contributed by atoms with van der Waals surface area (Å²) in [4.78, 5) is 13.6. The number of methoxy groups -OCH3 is 1. The van der Waals surface area contributed by atoms with Crippen LogP contribution in [0.1, 0.15) is 32.6 Å². The Balaban J connectivity index is 2.46. The summed E-state index contributed by atoms with van der Waals surface area (Å²) in [7, 11) is 3.42. The van der Waals surface area contributed by atoms with Crippen LogP contribution in [0, 0.1) is 0 Å². The van der Waals surface area contributed by atoms with Gasteiger partial charge in [0.25, 0.3) is 5.91 Å². The van der Waals surface area contributed by atoms with Gasteiger partial charge in [0.2, 0.25) is 0 Å². The molecule has 0 aromatic carbocycles. The molecular weight excluding hydrogens is 192 g/mol. The zero-order valence-electron chi connectivity index (χ0n) is 9.90. The van der Waals surface area contributed by atoms with Crippen molar-refractivity contribution in [3.63, 3.8) is 0 Å². The van der Waals surface area contributed by atoms with Gasteiger partial charge in [0, 0.05) is 26.2 Å². The minimum atomic E-state index is -0.342. The van der Waals surface area contributed by atoms with E-state index in [1.54, 1.807) is 14.0 Å². The molecule has 1 atom stereocenters. The van der Waals surface area contributed by atoms with E-state index in [0.717, 1.165) is 25.7 Å². The lowest BCUT2D eigenvalue weighted by Gasteiger charge is -2.34. The Morgan fingerprint density at radius 1 is 1.40 bits per heavy atom. The molecule has 1 aliphatic rings. The van der Waals surface area contributed by atoms with E-state index in [9.17, 15) is 4.79 Å². The van der Waals surface area contributed by atoms with Crippen LogP contribution in [0.15, 0.2) is 0 Å². The smallest absolute Gasteiger partial charge is 0.251 e. The molecule has 0 radical (unpaired) electrons. The Bertz CT molecular complexity index is 213. The van der Waals surface area contributed by atoms with Crippen LogP contribution in [0.3, 0.4) is 0 Å². The van der Waals surface area contributed by atoms with E-state index in [-0.39, 0.29) is 12.0 Å². The van der Waals surface area contributed by atoms with Crippen LogP contribution in [0.4, 0.5) is 0 Å². The van der Waals surface area contributed by atoms with Crippen LogP contribution in [-0.4, -0.2) is 43.2 Å². The molecule has 0 bridgehead atoms. The van der Waals surface area contributed by atoms with Crippen LogP contribution in [0.5, 0.6) is 0 Å². The number of ether oxygens (including phenoxy) is 1. The summed E-state index contributed by atoms with van der Waals surface area (Å²) in [5.74, 6) is 0.0676. The second-order valence-electron chi connectivity index (χ2n) is 4.40. The lowest BCUT2D eigenvalue weighted by atomic mass is 9.91. The first kappa shape index (κ1) is 12.5. The van der Waals surface area contributed by atoms with Crippen molar-refractivity contribution in [2.24, 2.45) is 5.73 Å². The van der Waals surface area contributed by atoms with E-state index >= 15 is 0 Å². The highest BCUT2D eigenvalue weighted by molar-refractivity contribution is 5.80. The number of carbonyl (C=O) groups is 1. The molecule has 1 saturated carbocycles. The maximum Gasteiger partial charge on any atom is 0.251 e. The third-order valence-corrected chi connectivity index (χ3v) is 3.34. The minimum Gasteiger partial charge on any atom is -0.372 e. The number of likely N-dealkylation sites (N-methyl/N-ethyl adjacent to an activating group) is 1. The molecule has 1 unspecified atom stereocenters. The molecule has 88 valence electrons. The molecular formula is C11H22N2O2. The van der Waals surface area contributed by atoms with Gasteiger partial charge < -0.3 is 15.4 Å². The Labute approximate surface area is 91.8 Å². The van der Waals surface area contributed by atoms with Crippen LogP contribution >= 0.6 is 0 Å². The number of carbonyl (C=O) groups excluding carboxylic acids is 1. The van der Waals surface area contributed by atoms with Crippen molar-refractivity contribution in [3.05, 3.63) is 0 Å². The molecule has 4 nitrogen and oxygen atoms in total. The predicted molar refractivity (Wildman–Crippen MR) is 59.5 cm³/mol. The summed E-state index contributed by atoms with van der Waals surface area (Å²) in [6, 6.07) is 0.666. The van der Waals surface area contributed by atoms with Crippen molar-refractivity contribution in [1.82, 2.24) is 4.90 Å². The Hall–Kier alpha value is -0.610. The molecule has 1 fully saturated rings. The van der Waals surface area contributed by atoms with E-state index in [1.165, 1.54) is 0 Å². The molecule has 1 aliphatic carbocycles.